The smallest absolute Gasteiger partial charge is 0.121 e. The van der Waals surface area contributed by atoms with Crippen molar-refractivity contribution in [2.45, 2.75) is 33.6 Å². The lowest BCUT2D eigenvalue weighted by Crippen LogP contribution is -2.13. The van der Waals surface area contributed by atoms with Gasteiger partial charge in [0.2, 0.25) is 0 Å². The van der Waals surface area contributed by atoms with E-state index in [9.17, 15) is 0 Å². The molecular weight excluding hydrogens is 284 g/mol. The lowest BCUT2D eigenvalue weighted by molar-refractivity contribution is 0.309. The molecule has 0 aliphatic heterocycles. The zero-order chi connectivity index (χ0) is 16.5. The van der Waals surface area contributed by atoms with Crippen molar-refractivity contribution in [1.29, 1.82) is 0 Å². The predicted molar refractivity (Wildman–Crippen MR) is 99.7 cm³/mol. The van der Waals surface area contributed by atoms with Crippen molar-refractivity contribution in [1.82, 2.24) is 0 Å². The number of anilines is 2. The van der Waals surface area contributed by atoms with Crippen molar-refractivity contribution in [3.63, 3.8) is 0 Å². The summed E-state index contributed by atoms with van der Waals surface area (Å²) in [5.41, 5.74) is 4.86. The van der Waals surface area contributed by atoms with Gasteiger partial charge in [-0.2, -0.15) is 0 Å². The lowest BCUT2D eigenvalue weighted by Gasteiger charge is -2.11. The Labute approximate surface area is 140 Å². The Bertz CT molecular complexity index is 590. The summed E-state index contributed by atoms with van der Waals surface area (Å²) in [5.74, 6) is 0.936. The number of benzene rings is 2. The highest BCUT2D eigenvalue weighted by atomic mass is 16.5. The fourth-order valence-corrected chi connectivity index (χ4v) is 2.52. The topological polar surface area (TPSA) is 33.3 Å². The van der Waals surface area contributed by atoms with Gasteiger partial charge in [0.1, 0.15) is 5.75 Å². The maximum atomic E-state index is 5.73. The summed E-state index contributed by atoms with van der Waals surface area (Å²) in [6.45, 7) is 8.95. The van der Waals surface area contributed by atoms with Gasteiger partial charge in [0.15, 0.2) is 0 Å². The van der Waals surface area contributed by atoms with Crippen molar-refractivity contribution in [3.05, 3.63) is 53.6 Å². The molecule has 2 N–H and O–H groups in total. The Balaban J connectivity index is 1.76. The van der Waals surface area contributed by atoms with Crippen LogP contribution >= 0.6 is 0 Å². The molecule has 3 heteroatoms. The molecule has 0 unspecified atom stereocenters. The van der Waals surface area contributed by atoms with Crippen LogP contribution in [-0.2, 0) is 0 Å². The lowest BCUT2D eigenvalue weighted by atomic mass is 10.1. The standard InChI is InChI=1S/C20H28N2O/c1-4-5-11-23-20-8-6-7-18(15-20)21-9-10-22-19-13-16(2)12-17(3)14-19/h6-8,12-15,21-22H,4-5,9-11H2,1-3H3. The fraction of sp³-hybridized carbons (Fsp3) is 0.400. The quantitative estimate of drug-likeness (QED) is 0.639. The highest BCUT2D eigenvalue weighted by Crippen LogP contribution is 2.17. The zero-order valence-electron chi connectivity index (χ0n) is 14.5. The molecule has 0 aliphatic carbocycles. The first-order valence-electron chi connectivity index (χ1n) is 8.46. The van der Waals surface area contributed by atoms with E-state index in [1.807, 2.05) is 12.1 Å². The van der Waals surface area contributed by atoms with Gasteiger partial charge in [-0.1, -0.05) is 25.5 Å². The molecule has 0 spiro atoms. The number of unbranched alkanes of at least 4 members (excludes halogenated alkanes) is 1. The number of aryl methyl sites for hydroxylation is 2. The second-order valence-corrected chi connectivity index (χ2v) is 5.96. The predicted octanol–water partition coefficient (Wildman–Crippen LogP) is 5.01. The maximum absolute atomic E-state index is 5.73. The third kappa shape index (κ3) is 6.23. The zero-order valence-corrected chi connectivity index (χ0v) is 14.5. The third-order valence-electron chi connectivity index (χ3n) is 3.61. The van der Waals surface area contributed by atoms with Crippen molar-refractivity contribution in [2.24, 2.45) is 0 Å². The molecule has 2 aromatic carbocycles. The molecule has 0 heterocycles. The Morgan fingerprint density at radius 3 is 2.26 bits per heavy atom. The van der Waals surface area contributed by atoms with E-state index < -0.39 is 0 Å². The second kappa shape index (κ2) is 9.09. The third-order valence-corrected chi connectivity index (χ3v) is 3.61. The first kappa shape index (κ1) is 17.2. The van der Waals surface area contributed by atoms with Crippen molar-refractivity contribution < 1.29 is 4.74 Å². The molecule has 2 aromatic rings. The van der Waals surface area contributed by atoms with Gasteiger partial charge in [0.05, 0.1) is 6.61 Å². The average molecular weight is 312 g/mol. The number of hydrogen-bond acceptors (Lipinski definition) is 3. The van der Waals surface area contributed by atoms with Crippen molar-refractivity contribution in [3.8, 4) is 5.75 Å². The van der Waals surface area contributed by atoms with Crippen LogP contribution in [0.15, 0.2) is 42.5 Å². The van der Waals surface area contributed by atoms with Crippen LogP contribution in [-0.4, -0.2) is 19.7 Å². The van der Waals surface area contributed by atoms with E-state index >= 15 is 0 Å². The van der Waals surface area contributed by atoms with Crippen LogP contribution in [0.4, 0.5) is 11.4 Å². The summed E-state index contributed by atoms with van der Waals surface area (Å²) in [6.07, 6.45) is 2.25. The minimum absolute atomic E-state index is 0.786. The molecule has 0 amide bonds. The van der Waals surface area contributed by atoms with Gasteiger partial charge >= 0.3 is 0 Å². The Kier molecular flexibility index (Phi) is 6.79. The van der Waals surface area contributed by atoms with Gasteiger partial charge in [0, 0.05) is 30.5 Å². The SMILES string of the molecule is CCCCOc1cccc(NCCNc2cc(C)cc(C)c2)c1. The monoisotopic (exact) mass is 312 g/mol. The summed E-state index contributed by atoms with van der Waals surface area (Å²) < 4.78 is 5.73. The van der Waals surface area contributed by atoms with Crippen LogP contribution in [0.2, 0.25) is 0 Å². The summed E-state index contributed by atoms with van der Waals surface area (Å²) in [7, 11) is 0. The maximum Gasteiger partial charge on any atom is 0.121 e. The molecule has 124 valence electrons. The number of ether oxygens (including phenoxy) is 1. The molecule has 0 saturated heterocycles. The first-order valence-corrected chi connectivity index (χ1v) is 8.46. The normalized spacial score (nSPS) is 10.4. The minimum atomic E-state index is 0.786. The average Bonchev–Trinajstić information content (AvgIpc) is 2.51. The number of nitrogens with one attached hydrogen (secondary N) is 2. The minimum Gasteiger partial charge on any atom is -0.494 e. The molecule has 23 heavy (non-hydrogen) atoms. The largest absolute Gasteiger partial charge is 0.494 e. The van der Waals surface area contributed by atoms with E-state index in [2.05, 4.69) is 61.7 Å². The van der Waals surface area contributed by atoms with Gasteiger partial charge in [0.25, 0.3) is 0 Å². The first-order chi connectivity index (χ1) is 11.2. The molecule has 0 aliphatic rings. The van der Waals surface area contributed by atoms with Crippen LogP contribution in [0.1, 0.15) is 30.9 Å². The van der Waals surface area contributed by atoms with E-state index in [0.29, 0.717) is 0 Å². The van der Waals surface area contributed by atoms with Crippen LogP contribution < -0.4 is 15.4 Å². The summed E-state index contributed by atoms with van der Waals surface area (Å²) >= 11 is 0. The van der Waals surface area contributed by atoms with Crippen LogP contribution in [0, 0.1) is 13.8 Å². The molecule has 0 aromatic heterocycles. The summed E-state index contributed by atoms with van der Waals surface area (Å²) in [6, 6.07) is 14.7. The van der Waals surface area contributed by atoms with E-state index in [1.165, 1.54) is 16.8 Å². The van der Waals surface area contributed by atoms with Crippen LogP contribution in [0.5, 0.6) is 5.75 Å². The molecule has 0 radical (unpaired) electrons. The van der Waals surface area contributed by atoms with E-state index in [1.54, 1.807) is 0 Å². The molecular formula is C20H28N2O. The molecule has 0 fully saturated rings. The summed E-state index contributed by atoms with van der Waals surface area (Å²) in [4.78, 5) is 0. The van der Waals surface area contributed by atoms with Crippen molar-refractivity contribution in [2.75, 3.05) is 30.3 Å². The Morgan fingerprint density at radius 1 is 0.870 bits per heavy atom. The van der Waals surface area contributed by atoms with E-state index in [4.69, 9.17) is 4.74 Å². The highest BCUT2D eigenvalue weighted by Gasteiger charge is 1.98. The molecule has 2 rings (SSSR count). The Morgan fingerprint density at radius 2 is 1.57 bits per heavy atom. The summed E-state index contributed by atoms with van der Waals surface area (Å²) in [5, 5.41) is 6.89. The van der Waals surface area contributed by atoms with Gasteiger partial charge in [-0.15, -0.1) is 0 Å². The molecule has 0 atom stereocenters. The number of hydrogen-bond donors (Lipinski definition) is 2. The van der Waals surface area contributed by atoms with Gasteiger partial charge in [-0.3, -0.25) is 0 Å². The van der Waals surface area contributed by atoms with Gasteiger partial charge < -0.3 is 15.4 Å². The number of rotatable bonds is 9. The molecule has 3 nitrogen and oxygen atoms in total. The Hall–Kier alpha value is -2.16. The fourth-order valence-electron chi connectivity index (χ4n) is 2.52. The molecule has 0 saturated carbocycles. The van der Waals surface area contributed by atoms with Gasteiger partial charge in [-0.25, -0.2) is 0 Å². The van der Waals surface area contributed by atoms with Gasteiger partial charge in [-0.05, 0) is 55.7 Å². The van der Waals surface area contributed by atoms with Crippen molar-refractivity contribution >= 4 is 11.4 Å². The second-order valence-electron chi connectivity index (χ2n) is 5.96. The van der Waals surface area contributed by atoms with Crippen LogP contribution in [0.3, 0.4) is 0 Å². The highest BCUT2D eigenvalue weighted by molar-refractivity contribution is 5.50. The molecule has 0 bridgehead atoms. The van der Waals surface area contributed by atoms with Crippen LogP contribution in [0.25, 0.3) is 0 Å². The van der Waals surface area contributed by atoms with E-state index in [-0.39, 0.29) is 0 Å². The van der Waals surface area contributed by atoms with E-state index in [0.717, 1.165) is 44.0 Å².